The molecule has 6 heteroatoms. The van der Waals surface area contributed by atoms with Crippen LogP contribution in [0.3, 0.4) is 0 Å². The van der Waals surface area contributed by atoms with Crippen molar-refractivity contribution >= 4 is 27.8 Å². The Morgan fingerprint density at radius 2 is 2.20 bits per heavy atom. The number of rotatable bonds is 3. The first-order valence-corrected chi connectivity index (χ1v) is 7.22. The number of halogens is 2. The standard InChI is InChI=1S/C14H15BrFNO3/c1-2-14(13(19)20)7-4-8-17(14)12(18)9-5-3-6-10(16)11(9)15/h3,5-6H,2,4,7-8H2,1H3,(H,19,20). The van der Waals surface area contributed by atoms with Crippen molar-refractivity contribution in [2.24, 2.45) is 0 Å². The van der Waals surface area contributed by atoms with E-state index in [4.69, 9.17) is 0 Å². The maximum atomic E-state index is 13.5. The van der Waals surface area contributed by atoms with Crippen molar-refractivity contribution in [3.63, 3.8) is 0 Å². The third kappa shape index (κ3) is 2.22. The van der Waals surface area contributed by atoms with Crippen LogP contribution in [0.2, 0.25) is 0 Å². The largest absolute Gasteiger partial charge is 0.479 e. The monoisotopic (exact) mass is 343 g/mol. The Bertz CT molecular complexity index is 563. The van der Waals surface area contributed by atoms with E-state index >= 15 is 0 Å². The van der Waals surface area contributed by atoms with Gasteiger partial charge in [0.05, 0.1) is 10.0 Å². The lowest BCUT2D eigenvalue weighted by Gasteiger charge is -2.34. The van der Waals surface area contributed by atoms with Crippen LogP contribution in [-0.2, 0) is 4.79 Å². The molecule has 0 spiro atoms. The number of likely N-dealkylation sites (tertiary alicyclic amines) is 1. The number of nitrogens with zero attached hydrogens (tertiary/aromatic N) is 1. The van der Waals surface area contributed by atoms with Crippen LogP contribution < -0.4 is 0 Å². The zero-order valence-electron chi connectivity index (χ0n) is 11.0. The van der Waals surface area contributed by atoms with E-state index < -0.39 is 23.2 Å². The fraction of sp³-hybridized carbons (Fsp3) is 0.429. The molecule has 1 unspecified atom stereocenters. The summed E-state index contributed by atoms with van der Waals surface area (Å²) in [6.07, 6.45) is 1.40. The highest BCUT2D eigenvalue weighted by Crippen LogP contribution is 2.35. The van der Waals surface area contributed by atoms with E-state index in [1.54, 1.807) is 6.92 Å². The van der Waals surface area contributed by atoms with E-state index in [2.05, 4.69) is 15.9 Å². The predicted molar refractivity (Wildman–Crippen MR) is 75.0 cm³/mol. The summed E-state index contributed by atoms with van der Waals surface area (Å²) in [7, 11) is 0. The van der Waals surface area contributed by atoms with Crippen molar-refractivity contribution in [2.75, 3.05) is 6.54 Å². The van der Waals surface area contributed by atoms with E-state index in [1.165, 1.54) is 23.1 Å². The summed E-state index contributed by atoms with van der Waals surface area (Å²) in [6.45, 7) is 2.13. The molecule has 1 aromatic rings. The molecule has 1 saturated heterocycles. The summed E-state index contributed by atoms with van der Waals surface area (Å²) in [4.78, 5) is 25.5. The number of hydrogen-bond donors (Lipinski definition) is 1. The summed E-state index contributed by atoms with van der Waals surface area (Å²) in [5.74, 6) is -1.98. The fourth-order valence-electron chi connectivity index (χ4n) is 2.73. The van der Waals surface area contributed by atoms with Crippen LogP contribution in [0, 0.1) is 5.82 Å². The molecular weight excluding hydrogens is 329 g/mol. The van der Waals surface area contributed by atoms with E-state index in [0.717, 1.165) is 0 Å². The minimum atomic E-state index is -1.18. The van der Waals surface area contributed by atoms with Gasteiger partial charge >= 0.3 is 5.97 Å². The van der Waals surface area contributed by atoms with Crippen LogP contribution in [0.4, 0.5) is 4.39 Å². The van der Waals surface area contributed by atoms with Crippen LogP contribution >= 0.6 is 15.9 Å². The van der Waals surface area contributed by atoms with Crippen molar-refractivity contribution in [3.8, 4) is 0 Å². The van der Waals surface area contributed by atoms with Crippen LogP contribution in [0.5, 0.6) is 0 Å². The molecule has 1 fully saturated rings. The van der Waals surface area contributed by atoms with Gasteiger partial charge in [-0.05, 0) is 47.3 Å². The number of amides is 1. The van der Waals surface area contributed by atoms with Gasteiger partial charge in [-0.1, -0.05) is 13.0 Å². The number of hydrogen-bond acceptors (Lipinski definition) is 2. The Morgan fingerprint density at radius 1 is 1.50 bits per heavy atom. The van der Waals surface area contributed by atoms with Crippen LogP contribution in [-0.4, -0.2) is 34.0 Å². The van der Waals surface area contributed by atoms with E-state index in [9.17, 15) is 19.1 Å². The van der Waals surface area contributed by atoms with Crippen molar-refractivity contribution in [3.05, 3.63) is 34.1 Å². The second kappa shape index (κ2) is 5.52. The SMILES string of the molecule is CCC1(C(=O)O)CCCN1C(=O)c1cccc(F)c1Br. The molecule has 1 N–H and O–H groups in total. The molecule has 1 amide bonds. The zero-order chi connectivity index (χ0) is 14.9. The molecule has 0 bridgehead atoms. The number of benzene rings is 1. The fourth-order valence-corrected chi connectivity index (χ4v) is 3.16. The molecule has 0 saturated carbocycles. The smallest absolute Gasteiger partial charge is 0.329 e. The lowest BCUT2D eigenvalue weighted by atomic mass is 9.92. The molecular formula is C14H15BrFNO3. The number of carboxylic acids is 1. The number of aliphatic carboxylic acids is 1. The summed E-state index contributed by atoms with van der Waals surface area (Å²) in [5, 5.41) is 9.47. The Kier molecular flexibility index (Phi) is 4.13. The maximum Gasteiger partial charge on any atom is 0.329 e. The second-order valence-corrected chi connectivity index (χ2v) is 5.65. The van der Waals surface area contributed by atoms with Gasteiger partial charge in [-0.15, -0.1) is 0 Å². The van der Waals surface area contributed by atoms with Crippen molar-refractivity contribution in [1.29, 1.82) is 0 Å². The van der Waals surface area contributed by atoms with Gasteiger partial charge in [0.15, 0.2) is 0 Å². The van der Waals surface area contributed by atoms with Crippen molar-refractivity contribution in [1.82, 2.24) is 4.90 Å². The Balaban J connectivity index is 2.42. The third-order valence-electron chi connectivity index (χ3n) is 3.90. The Hall–Kier alpha value is -1.43. The molecule has 1 aliphatic heterocycles. The highest BCUT2D eigenvalue weighted by Gasteiger charge is 2.48. The van der Waals surface area contributed by atoms with E-state index in [-0.39, 0.29) is 10.0 Å². The van der Waals surface area contributed by atoms with Gasteiger partial charge < -0.3 is 10.0 Å². The molecule has 1 atom stereocenters. The molecule has 4 nitrogen and oxygen atoms in total. The molecule has 1 aliphatic rings. The first-order valence-electron chi connectivity index (χ1n) is 6.43. The molecule has 0 aliphatic carbocycles. The molecule has 0 aromatic heterocycles. The Labute approximate surface area is 124 Å². The quantitative estimate of drug-likeness (QED) is 0.917. The number of carbonyl (C=O) groups is 2. The molecule has 108 valence electrons. The van der Waals surface area contributed by atoms with Gasteiger partial charge in [0.2, 0.25) is 0 Å². The van der Waals surface area contributed by atoms with Gasteiger partial charge in [-0.2, -0.15) is 0 Å². The van der Waals surface area contributed by atoms with Gasteiger partial charge in [-0.25, -0.2) is 9.18 Å². The highest BCUT2D eigenvalue weighted by atomic mass is 79.9. The molecule has 2 rings (SSSR count). The van der Waals surface area contributed by atoms with Gasteiger partial charge in [0.25, 0.3) is 5.91 Å². The first kappa shape index (κ1) is 15.0. The molecule has 1 heterocycles. The summed E-state index contributed by atoms with van der Waals surface area (Å²) in [6, 6.07) is 4.18. The Morgan fingerprint density at radius 3 is 2.80 bits per heavy atom. The van der Waals surface area contributed by atoms with Crippen LogP contribution in [0.1, 0.15) is 36.5 Å². The summed E-state index contributed by atoms with van der Waals surface area (Å²) in [5.41, 5.74) is -1.02. The third-order valence-corrected chi connectivity index (χ3v) is 4.70. The highest BCUT2D eigenvalue weighted by molar-refractivity contribution is 9.10. The van der Waals surface area contributed by atoms with E-state index in [0.29, 0.717) is 25.8 Å². The average molecular weight is 344 g/mol. The maximum absolute atomic E-state index is 13.5. The van der Waals surface area contributed by atoms with Crippen LogP contribution in [0.15, 0.2) is 22.7 Å². The normalized spacial score (nSPS) is 22.1. The molecule has 20 heavy (non-hydrogen) atoms. The lowest BCUT2D eigenvalue weighted by Crippen LogP contribution is -2.52. The van der Waals surface area contributed by atoms with Crippen molar-refractivity contribution in [2.45, 2.75) is 31.7 Å². The number of carboxylic acid groups (broad SMARTS) is 1. The van der Waals surface area contributed by atoms with Gasteiger partial charge in [0.1, 0.15) is 11.4 Å². The van der Waals surface area contributed by atoms with Gasteiger partial charge in [-0.3, -0.25) is 4.79 Å². The second-order valence-electron chi connectivity index (χ2n) is 4.85. The van der Waals surface area contributed by atoms with E-state index in [1.807, 2.05) is 0 Å². The molecule has 0 radical (unpaired) electrons. The first-order chi connectivity index (χ1) is 9.44. The topological polar surface area (TPSA) is 57.6 Å². The predicted octanol–water partition coefficient (Wildman–Crippen LogP) is 3.06. The van der Waals surface area contributed by atoms with Crippen LogP contribution in [0.25, 0.3) is 0 Å². The summed E-state index contributed by atoms with van der Waals surface area (Å²) >= 11 is 3.05. The summed E-state index contributed by atoms with van der Waals surface area (Å²) < 4.78 is 13.6. The zero-order valence-corrected chi connectivity index (χ0v) is 12.6. The number of carbonyl (C=O) groups excluding carboxylic acids is 1. The minimum absolute atomic E-state index is 0.0762. The minimum Gasteiger partial charge on any atom is -0.479 e. The lowest BCUT2D eigenvalue weighted by molar-refractivity contribution is -0.148. The van der Waals surface area contributed by atoms with Gasteiger partial charge in [0, 0.05) is 6.54 Å². The molecule has 1 aromatic carbocycles. The van der Waals surface area contributed by atoms with Crippen molar-refractivity contribution < 1.29 is 19.1 Å². The average Bonchev–Trinajstić information content (AvgIpc) is 2.86.